The summed E-state index contributed by atoms with van der Waals surface area (Å²) < 4.78 is 21.9. The molecule has 0 aliphatic heterocycles. The molecule has 0 spiro atoms. The van der Waals surface area contributed by atoms with Crippen LogP contribution in [0, 0.1) is 0 Å². The summed E-state index contributed by atoms with van der Waals surface area (Å²) in [6.45, 7) is 5.60. The first-order chi connectivity index (χ1) is 9.81. The van der Waals surface area contributed by atoms with Gasteiger partial charge in [0.25, 0.3) is 0 Å². The van der Waals surface area contributed by atoms with Crippen LogP contribution in [0.25, 0.3) is 0 Å². The molecule has 5 heteroatoms. The Labute approximate surface area is 155 Å². The van der Waals surface area contributed by atoms with E-state index in [0.717, 1.165) is 12.8 Å². The molecule has 0 aromatic rings. The molecule has 0 unspecified atom stereocenters. The molecule has 0 N–H and O–H groups in total. The average molecular weight is 330 g/mol. The van der Waals surface area contributed by atoms with Gasteiger partial charge in [-0.2, -0.15) is 0 Å². The van der Waals surface area contributed by atoms with Crippen molar-refractivity contribution in [1.29, 1.82) is 0 Å². The van der Waals surface area contributed by atoms with Gasteiger partial charge in [0.1, 0.15) is 0 Å². The van der Waals surface area contributed by atoms with Crippen LogP contribution < -0.4 is 0 Å². The molecule has 0 fully saturated rings. The molecule has 0 heterocycles. The molecular weight excluding hydrogens is 294 g/mol. The van der Waals surface area contributed by atoms with Crippen LogP contribution in [0.4, 0.5) is 0 Å². The minimum atomic E-state index is -2.23. The molecule has 0 saturated carbocycles. The van der Waals surface area contributed by atoms with Gasteiger partial charge in [0, 0.05) is 0 Å². The Balaban J connectivity index is 0. The Bertz CT molecular complexity index is 196. The van der Waals surface area contributed by atoms with Gasteiger partial charge in [0.05, 0.1) is 13.2 Å². The number of rotatable bonds is 16. The van der Waals surface area contributed by atoms with E-state index in [4.69, 9.17) is 9.05 Å². The maximum absolute atomic E-state index is 11.5. The van der Waals surface area contributed by atoms with Crippen LogP contribution in [0.3, 0.4) is 0 Å². The first-order valence-electron chi connectivity index (χ1n) is 8.60. The van der Waals surface area contributed by atoms with Crippen LogP contribution in [0.15, 0.2) is 0 Å². The third-order valence-corrected chi connectivity index (χ3v) is 4.32. The molecular formula is C16H36NaO3P. The second-order valence-corrected chi connectivity index (χ2v) is 6.56. The first-order valence-corrected chi connectivity index (χ1v) is 9.83. The van der Waals surface area contributed by atoms with Crippen LogP contribution in [0.2, 0.25) is 0 Å². The van der Waals surface area contributed by atoms with Gasteiger partial charge in [-0.05, 0) is 12.8 Å². The van der Waals surface area contributed by atoms with Gasteiger partial charge in [0.2, 0.25) is 0 Å². The van der Waals surface area contributed by atoms with E-state index in [2.05, 4.69) is 13.8 Å². The van der Waals surface area contributed by atoms with Gasteiger partial charge >= 0.3 is 37.8 Å². The fourth-order valence-corrected chi connectivity index (χ4v) is 2.82. The fraction of sp³-hybridized carbons (Fsp3) is 1.00. The summed E-state index contributed by atoms with van der Waals surface area (Å²) in [5.41, 5.74) is 0. The summed E-state index contributed by atoms with van der Waals surface area (Å²) in [6, 6.07) is 0. The van der Waals surface area contributed by atoms with Crippen molar-refractivity contribution in [3.8, 4) is 0 Å². The van der Waals surface area contributed by atoms with Gasteiger partial charge < -0.3 is 9.05 Å². The molecule has 0 saturated heterocycles. The average Bonchev–Trinajstić information content (AvgIpc) is 2.45. The van der Waals surface area contributed by atoms with Crippen molar-refractivity contribution in [1.82, 2.24) is 0 Å². The van der Waals surface area contributed by atoms with Gasteiger partial charge in [-0.25, -0.2) is 0 Å². The summed E-state index contributed by atoms with van der Waals surface area (Å²) in [6.07, 6.45) is 14.7. The predicted octanol–water partition coefficient (Wildman–Crippen LogP) is 5.48. The monoisotopic (exact) mass is 330 g/mol. The molecule has 0 aliphatic carbocycles. The molecule has 0 rings (SSSR count). The first kappa shape index (κ1) is 24.4. The molecule has 0 aliphatic rings. The molecule has 3 nitrogen and oxygen atoms in total. The van der Waals surface area contributed by atoms with E-state index < -0.39 is 8.25 Å². The number of hydrogen-bond acceptors (Lipinski definition) is 3. The SMILES string of the molecule is CCCCCCCCO[PH](=O)OCCCCCCCC.[NaH]. The van der Waals surface area contributed by atoms with E-state index in [9.17, 15) is 4.57 Å². The van der Waals surface area contributed by atoms with Gasteiger partial charge in [-0.3, -0.25) is 4.57 Å². The summed E-state index contributed by atoms with van der Waals surface area (Å²) >= 11 is 0. The van der Waals surface area contributed by atoms with Gasteiger partial charge in [-0.15, -0.1) is 0 Å². The molecule has 0 aromatic carbocycles. The second kappa shape index (κ2) is 21.1. The van der Waals surface area contributed by atoms with Crippen LogP contribution in [-0.4, -0.2) is 42.8 Å². The zero-order chi connectivity index (χ0) is 14.9. The van der Waals surface area contributed by atoms with Crippen LogP contribution >= 0.6 is 8.25 Å². The van der Waals surface area contributed by atoms with E-state index in [1.54, 1.807) is 0 Å². The van der Waals surface area contributed by atoms with Crippen LogP contribution in [0.1, 0.15) is 90.9 Å². The van der Waals surface area contributed by atoms with Crippen LogP contribution in [-0.2, 0) is 13.6 Å². The Morgan fingerprint density at radius 1 is 0.619 bits per heavy atom. The fourth-order valence-electron chi connectivity index (χ4n) is 2.12. The van der Waals surface area contributed by atoms with Crippen molar-refractivity contribution >= 4 is 37.8 Å². The zero-order valence-corrected chi connectivity index (χ0v) is 14.6. The molecule has 0 radical (unpaired) electrons. The predicted molar refractivity (Wildman–Crippen MR) is 94.8 cm³/mol. The Kier molecular flexibility index (Phi) is 24.6. The maximum atomic E-state index is 11.5. The van der Waals surface area contributed by atoms with E-state index in [1.165, 1.54) is 64.2 Å². The molecule has 124 valence electrons. The number of unbranched alkanes of at least 4 members (excludes halogenated alkanes) is 10. The van der Waals surface area contributed by atoms with Crippen molar-refractivity contribution in [2.75, 3.05) is 13.2 Å². The van der Waals surface area contributed by atoms with Crippen molar-refractivity contribution in [2.24, 2.45) is 0 Å². The minimum absolute atomic E-state index is 0. The van der Waals surface area contributed by atoms with Crippen molar-refractivity contribution in [3.63, 3.8) is 0 Å². The van der Waals surface area contributed by atoms with E-state index in [-0.39, 0.29) is 29.6 Å². The topological polar surface area (TPSA) is 35.5 Å². The Hall–Kier alpha value is 1.15. The quantitative estimate of drug-likeness (QED) is 0.213. The summed E-state index contributed by atoms with van der Waals surface area (Å²) in [5.74, 6) is 0. The van der Waals surface area contributed by atoms with Crippen molar-refractivity contribution < 1.29 is 13.6 Å². The number of hydrogen-bond donors (Lipinski definition) is 0. The van der Waals surface area contributed by atoms with Gasteiger partial charge in [-0.1, -0.05) is 78.1 Å². The van der Waals surface area contributed by atoms with E-state index >= 15 is 0 Å². The third kappa shape index (κ3) is 21.1. The standard InChI is InChI=1S/C16H35O3P.Na.H/c1-3-5-7-9-11-13-15-18-20(17)19-16-14-12-10-8-6-4-2;;/h20H,3-16H2,1-2H3;;. The molecule has 0 amide bonds. The summed E-state index contributed by atoms with van der Waals surface area (Å²) in [5, 5.41) is 0. The Morgan fingerprint density at radius 2 is 0.952 bits per heavy atom. The van der Waals surface area contributed by atoms with E-state index in [0.29, 0.717) is 13.2 Å². The second-order valence-electron chi connectivity index (χ2n) is 5.48. The van der Waals surface area contributed by atoms with Crippen molar-refractivity contribution in [3.05, 3.63) is 0 Å². The third-order valence-electron chi connectivity index (χ3n) is 3.44. The Morgan fingerprint density at radius 3 is 1.33 bits per heavy atom. The molecule has 0 bridgehead atoms. The summed E-state index contributed by atoms with van der Waals surface area (Å²) in [4.78, 5) is 0. The molecule has 0 atom stereocenters. The normalized spacial score (nSPS) is 10.8. The van der Waals surface area contributed by atoms with Gasteiger partial charge in [0.15, 0.2) is 0 Å². The van der Waals surface area contributed by atoms with Crippen LogP contribution in [0.5, 0.6) is 0 Å². The molecule has 0 aromatic heterocycles. The zero-order valence-electron chi connectivity index (χ0n) is 13.6. The van der Waals surface area contributed by atoms with E-state index in [1.807, 2.05) is 0 Å². The van der Waals surface area contributed by atoms with Crippen molar-refractivity contribution in [2.45, 2.75) is 90.9 Å². The summed E-state index contributed by atoms with van der Waals surface area (Å²) in [7, 11) is -2.23. The molecule has 21 heavy (non-hydrogen) atoms.